The molecule has 1 aliphatic heterocycles. The summed E-state index contributed by atoms with van der Waals surface area (Å²) in [4.78, 5) is 14.1. The molecule has 0 spiro atoms. The number of hydrogen-bond donors (Lipinski definition) is 0. The quantitative estimate of drug-likeness (QED) is 0.864. The monoisotopic (exact) mass is 333 g/mol. The standard InChI is InChI=1S/C18H17F2NO3/c19-14-6-7-17(16(20)10-14)24-12-15-11-21(8-9-23-15)18(22)13-4-2-1-3-5-13/h1-7,10,15H,8-9,11-12H2. The SMILES string of the molecule is O=C(c1ccccc1)N1CCOC(COc2ccc(F)cc2F)C1. The minimum absolute atomic E-state index is 0.0356. The maximum Gasteiger partial charge on any atom is 0.254 e. The van der Waals surface area contributed by atoms with E-state index in [1.807, 2.05) is 18.2 Å². The number of hydrogen-bond acceptors (Lipinski definition) is 3. The van der Waals surface area contributed by atoms with Crippen LogP contribution >= 0.6 is 0 Å². The Morgan fingerprint density at radius 1 is 1.21 bits per heavy atom. The lowest BCUT2D eigenvalue weighted by Gasteiger charge is -2.33. The molecule has 4 nitrogen and oxygen atoms in total. The first-order valence-corrected chi connectivity index (χ1v) is 7.67. The molecule has 1 saturated heterocycles. The molecule has 0 N–H and O–H groups in total. The van der Waals surface area contributed by atoms with Gasteiger partial charge in [0.15, 0.2) is 11.6 Å². The Bertz CT molecular complexity index is 709. The van der Waals surface area contributed by atoms with Crippen LogP contribution in [0.1, 0.15) is 10.4 Å². The second kappa shape index (κ2) is 7.40. The van der Waals surface area contributed by atoms with Crippen LogP contribution in [-0.2, 0) is 4.74 Å². The van der Waals surface area contributed by atoms with Crippen LogP contribution < -0.4 is 4.74 Å². The van der Waals surface area contributed by atoms with E-state index in [0.717, 1.165) is 12.1 Å². The van der Waals surface area contributed by atoms with Gasteiger partial charge in [0.25, 0.3) is 5.91 Å². The zero-order chi connectivity index (χ0) is 16.9. The molecule has 1 heterocycles. The van der Waals surface area contributed by atoms with E-state index < -0.39 is 11.6 Å². The van der Waals surface area contributed by atoms with Crippen LogP contribution in [0.2, 0.25) is 0 Å². The minimum atomic E-state index is -0.761. The summed E-state index contributed by atoms with van der Waals surface area (Å²) in [5.41, 5.74) is 0.614. The molecule has 2 aromatic carbocycles. The van der Waals surface area contributed by atoms with Gasteiger partial charge >= 0.3 is 0 Å². The summed E-state index contributed by atoms with van der Waals surface area (Å²) in [6.07, 6.45) is -0.365. The Balaban J connectivity index is 1.58. The molecule has 0 saturated carbocycles. The van der Waals surface area contributed by atoms with E-state index in [9.17, 15) is 13.6 Å². The molecule has 0 radical (unpaired) electrons. The van der Waals surface area contributed by atoms with Gasteiger partial charge in [-0.15, -0.1) is 0 Å². The van der Waals surface area contributed by atoms with Crippen LogP contribution in [0, 0.1) is 11.6 Å². The Hall–Kier alpha value is -2.47. The fraction of sp³-hybridized carbons (Fsp3) is 0.278. The zero-order valence-corrected chi connectivity index (χ0v) is 13.0. The Kier molecular flexibility index (Phi) is 5.05. The molecule has 0 aliphatic carbocycles. The van der Waals surface area contributed by atoms with Gasteiger partial charge in [0.05, 0.1) is 13.2 Å². The minimum Gasteiger partial charge on any atom is -0.488 e. The van der Waals surface area contributed by atoms with E-state index in [-0.39, 0.29) is 24.4 Å². The summed E-state index contributed by atoms with van der Waals surface area (Å²) < 4.78 is 37.4. The highest BCUT2D eigenvalue weighted by atomic mass is 19.1. The van der Waals surface area contributed by atoms with Crippen molar-refractivity contribution in [3.8, 4) is 5.75 Å². The molecule has 1 aliphatic rings. The van der Waals surface area contributed by atoms with Gasteiger partial charge in [-0.05, 0) is 24.3 Å². The van der Waals surface area contributed by atoms with Crippen molar-refractivity contribution in [1.29, 1.82) is 0 Å². The average Bonchev–Trinajstić information content (AvgIpc) is 2.61. The van der Waals surface area contributed by atoms with Gasteiger partial charge < -0.3 is 14.4 Å². The average molecular weight is 333 g/mol. The summed E-state index contributed by atoms with van der Waals surface area (Å²) in [5, 5.41) is 0. The lowest BCUT2D eigenvalue weighted by Crippen LogP contribution is -2.47. The lowest BCUT2D eigenvalue weighted by atomic mass is 10.2. The third kappa shape index (κ3) is 3.89. The molecule has 1 amide bonds. The first-order chi connectivity index (χ1) is 11.6. The van der Waals surface area contributed by atoms with Gasteiger partial charge in [0.2, 0.25) is 0 Å². The first-order valence-electron chi connectivity index (χ1n) is 7.67. The van der Waals surface area contributed by atoms with Crippen molar-refractivity contribution in [1.82, 2.24) is 4.90 Å². The molecule has 3 rings (SSSR count). The molecule has 24 heavy (non-hydrogen) atoms. The van der Waals surface area contributed by atoms with Crippen LogP contribution in [0.5, 0.6) is 5.75 Å². The molecule has 0 bridgehead atoms. The van der Waals surface area contributed by atoms with Crippen LogP contribution in [0.4, 0.5) is 8.78 Å². The molecule has 126 valence electrons. The molecule has 2 aromatic rings. The number of rotatable bonds is 4. The number of ether oxygens (including phenoxy) is 2. The van der Waals surface area contributed by atoms with E-state index >= 15 is 0 Å². The number of morpholine rings is 1. The predicted molar refractivity (Wildman–Crippen MR) is 83.9 cm³/mol. The fourth-order valence-electron chi connectivity index (χ4n) is 2.54. The van der Waals surface area contributed by atoms with Crippen molar-refractivity contribution in [2.75, 3.05) is 26.3 Å². The Morgan fingerprint density at radius 3 is 2.75 bits per heavy atom. The topological polar surface area (TPSA) is 38.8 Å². The number of halogens is 2. The highest BCUT2D eigenvalue weighted by Gasteiger charge is 2.25. The van der Waals surface area contributed by atoms with E-state index in [2.05, 4.69) is 0 Å². The van der Waals surface area contributed by atoms with Gasteiger partial charge in [-0.1, -0.05) is 18.2 Å². The van der Waals surface area contributed by atoms with Gasteiger partial charge in [-0.3, -0.25) is 4.79 Å². The number of carbonyl (C=O) groups excluding carboxylic acids is 1. The molecule has 1 atom stereocenters. The van der Waals surface area contributed by atoms with Gasteiger partial charge in [-0.25, -0.2) is 8.78 Å². The van der Waals surface area contributed by atoms with Crippen molar-refractivity contribution in [3.63, 3.8) is 0 Å². The molecular weight excluding hydrogens is 316 g/mol. The van der Waals surface area contributed by atoms with Crippen LogP contribution in [-0.4, -0.2) is 43.2 Å². The van der Waals surface area contributed by atoms with E-state index in [4.69, 9.17) is 9.47 Å². The summed E-state index contributed by atoms with van der Waals surface area (Å²) in [5.74, 6) is -1.53. The van der Waals surface area contributed by atoms with Gasteiger partial charge in [0, 0.05) is 18.2 Å². The van der Waals surface area contributed by atoms with Crippen molar-refractivity contribution in [2.24, 2.45) is 0 Å². The largest absolute Gasteiger partial charge is 0.488 e. The maximum atomic E-state index is 13.6. The summed E-state index contributed by atoms with van der Waals surface area (Å²) >= 11 is 0. The number of carbonyl (C=O) groups is 1. The number of amides is 1. The van der Waals surface area contributed by atoms with Crippen molar-refractivity contribution < 1.29 is 23.0 Å². The van der Waals surface area contributed by atoms with Crippen LogP contribution in [0.15, 0.2) is 48.5 Å². The maximum absolute atomic E-state index is 13.6. The second-order valence-corrected chi connectivity index (χ2v) is 5.50. The lowest BCUT2D eigenvalue weighted by molar-refractivity contribution is -0.0405. The van der Waals surface area contributed by atoms with Crippen molar-refractivity contribution in [2.45, 2.75) is 6.10 Å². The molecule has 1 fully saturated rings. The Labute approximate surface area is 138 Å². The number of benzene rings is 2. The molecule has 1 unspecified atom stereocenters. The predicted octanol–water partition coefficient (Wildman–Crippen LogP) is 2.88. The highest BCUT2D eigenvalue weighted by Crippen LogP contribution is 2.19. The molecule has 0 aromatic heterocycles. The Morgan fingerprint density at radius 2 is 2.00 bits per heavy atom. The summed E-state index contributed by atoms with van der Waals surface area (Å²) in [6, 6.07) is 12.1. The van der Waals surface area contributed by atoms with Crippen LogP contribution in [0.3, 0.4) is 0 Å². The van der Waals surface area contributed by atoms with Gasteiger partial charge in [0.1, 0.15) is 18.5 Å². The van der Waals surface area contributed by atoms with Gasteiger partial charge in [-0.2, -0.15) is 0 Å². The van der Waals surface area contributed by atoms with E-state index in [1.165, 1.54) is 6.07 Å². The molecular formula is C18H17F2NO3. The molecule has 6 heteroatoms. The number of nitrogens with zero attached hydrogens (tertiary/aromatic N) is 1. The second-order valence-electron chi connectivity index (χ2n) is 5.50. The fourth-order valence-corrected chi connectivity index (χ4v) is 2.54. The van der Waals surface area contributed by atoms with Crippen LogP contribution in [0.25, 0.3) is 0 Å². The highest BCUT2D eigenvalue weighted by molar-refractivity contribution is 5.94. The van der Waals surface area contributed by atoms with Crippen molar-refractivity contribution in [3.05, 3.63) is 65.7 Å². The van der Waals surface area contributed by atoms with E-state index in [1.54, 1.807) is 17.0 Å². The van der Waals surface area contributed by atoms with E-state index in [0.29, 0.717) is 25.3 Å². The third-order valence-corrected chi connectivity index (χ3v) is 3.77. The smallest absolute Gasteiger partial charge is 0.254 e. The summed E-state index contributed by atoms with van der Waals surface area (Å²) in [6.45, 7) is 1.32. The third-order valence-electron chi connectivity index (χ3n) is 3.77. The summed E-state index contributed by atoms with van der Waals surface area (Å²) in [7, 11) is 0. The zero-order valence-electron chi connectivity index (χ0n) is 13.0. The van der Waals surface area contributed by atoms with Crippen molar-refractivity contribution >= 4 is 5.91 Å². The first kappa shape index (κ1) is 16.4. The normalized spacial score (nSPS) is 17.6.